The quantitative estimate of drug-likeness (QED) is 0.870. The lowest BCUT2D eigenvalue weighted by molar-refractivity contribution is 0.148. The van der Waals surface area contributed by atoms with Crippen molar-refractivity contribution in [3.63, 3.8) is 0 Å². The summed E-state index contributed by atoms with van der Waals surface area (Å²) in [7, 11) is 0. The smallest absolute Gasteiger partial charge is 0.128 e. The van der Waals surface area contributed by atoms with Gasteiger partial charge in [-0.2, -0.15) is 0 Å². The SMILES string of the molecule is CCCC1CCC(CN)(Cc2ncccn2)CC1. The van der Waals surface area contributed by atoms with Crippen LogP contribution in [0.5, 0.6) is 0 Å². The summed E-state index contributed by atoms with van der Waals surface area (Å²) in [6.07, 6.45) is 12.4. The van der Waals surface area contributed by atoms with E-state index in [1.165, 1.54) is 38.5 Å². The molecule has 0 atom stereocenters. The fourth-order valence-electron chi connectivity index (χ4n) is 3.20. The average Bonchev–Trinajstić information content (AvgIpc) is 2.43. The molecule has 1 aliphatic rings. The highest BCUT2D eigenvalue weighted by Crippen LogP contribution is 2.41. The number of nitrogens with zero attached hydrogens (tertiary/aromatic N) is 2. The van der Waals surface area contributed by atoms with Crippen LogP contribution in [-0.4, -0.2) is 16.5 Å². The van der Waals surface area contributed by atoms with Gasteiger partial charge in [0.15, 0.2) is 0 Å². The van der Waals surface area contributed by atoms with E-state index in [2.05, 4.69) is 16.9 Å². The lowest BCUT2D eigenvalue weighted by Crippen LogP contribution is -2.37. The van der Waals surface area contributed by atoms with Crippen LogP contribution in [0.3, 0.4) is 0 Å². The molecule has 0 amide bonds. The van der Waals surface area contributed by atoms with Gasteiger partial charge in [0, 0.05) is 18.8 Å². The van der Waals surface area contributed by atoms with Crippen LogP contribution in [0, 0.1) is 11.3 Å². The summed E-state index contributed by atoms with van der Waals surface area (Å²) in [6.45, 7) is 3.05. The highest BCUT2D eigenvalue weighted by molar-refractivity contribution is 4.97. The number of nitrogens with two attached hydrogens (primary N) is 1. The van der Waals surface area contributed by atoms with Gasteiger partial charge in [-0.3, -0.25) is 0 Å². The van der Waals surface area contributed by atoms with Crippen molar-refractivity contribution in [1.82, 2.24) is 9.97 Å². The van der Waals surface area contributed by atoms with Gasteiger partial charge in [-0.25, -0.2) is 9.97 Å². The minimum Gasteiger partial charge on any atom is -0.330 e. The Bertz CT molecular complexity index is 342. The normalized spacial score (nSPS) is 28.2. The van der Waals surface area contributed by atoms with Gasteiger partial charge in [-0.1, -0.05) is 19.8 Å². The second-order valence-corrected chi connectivity index (χ2v) is 5.78. The molecule has 3 heteroatoms. The van der Waals surface area contributed by atoms with Crippen molar-refractivity contribution in [2.24, 2.45) is 17.1 Å². The second-order valence-electron chi connectivity index (χ2n) is 5.78. The Kier molecular flexibility index (Phi) is 4.70. The van der Waals surface area contributed by atoms with Gasteiger partial charge in [0.25, 0.3) is 0 Å². The zero-order valence-corrected chi connectivity index (χ0v) is 11.4. The molecule has 1 saturated carbocycles. The molecule has 0 spiro atoms. The predicted octanol–water partition coefficient (Wildman–Crippen LogP) is 2.95. The highest BCUT2D eigenvalue weighted by atomic mass is 14.9. The molecular weight excluding hydrogens is 222 g/mol. The maximum absolute atomic E-state index is 6.05. The largest absolute Gasteiger partial charge is 0.330 e. The number of aromatic nitrogens is 2. The first-order chi connectivity index (χ1) is 8.78. The molecule has 0 aromatic carbocycles. The van der Waals surface area contributed by atoms with Gasteiger partial charge in [0.05, 0.1) is 0 Å². The summed E-state index contributed by atoms with van der Waals surface area (Å²) in [5.74, 6) is 1.88. The lowest BCUT2D eigenvalue weighted by Gasteiger charge is -2.39. The van der Waals surface area contributed by atoms with E-state index < -0.39 is 0 Å². The number of hydrogen-bond donors (Lipinski definition) is 1. The molecule has 1 aromatic rings. The summed E-state index contributed by atoms with van der Waals surface area (Å²) in [4.78, 5) is 8.71. The first kappa shape index (κ1) is 13.5. The van der Waals surface area contributed by atoms with Crippen molar-refractivity contribution in [3.8, 4) is 0 Å². The Hall–Kier alpha value is -0.960. The van der Waals surface area contributed by atoms with Gasteiger partial charge >= 0.3 is 0 Å². The van der Waals surface area contributed by atoms with Crippen LogP contribution in [0.2, 0.25) is 0 Å². The van der Waals surface area contributed by atoms with Crippen LogP contribution in [0.15, 0.2) is 18.5 Å². The van der Waals surface area contributed by atoms with Crippen LogP contribution in [0.25, 0.3) is 0 Å². The number of hydrogen-bond acceptors (Lipinski definition) is 3. The lowest BCUT2D eigenvalue weighted by atomic mass is 9.67. The van der Waals surface area contributed by atoms with Crippen molar-refractivity contribution in [2.45, 2.75) is 51.9 Å². The maximum atomic E-state index is 6.05. The Balaban J connectivity index is 1.96. The van der Waals surface area contributed by atoms with Crippen molar-refractivity contribution in [1.29, 1.82) is 0 Å². The van der Waals surface area contributed by atoms with E-state index in [0.29, 0.717) is 0 Å². The minimum absolute atomic E-state index is 0.256. The van der Waals surface area contributed by atoms with E-state index in [1.54, 1.807) is 0 Å². The molecule has 3 nitrogen and oxygen atoms in total. The van der Waals surface area contributed by atoms with Gasteiger partial charge in [0.2, 0.25) is 0 Å². The third-order valence-corrected chi connectivity index (χ3v) is 4.45. The summed E-state index contributed by atoms with van der Waals surface area (Å²) in [5, 5.41) is 0. The zero-order chi connectivity index (χ0) is 12.8. The van der Waals surface area contributed by atoms with Gasteiger partial charge in [-0.05, 0) is 49.6 Å². The van der Waals surface area contributed by atoms with E-state index in [9.17, 15) is 0 Å². The fourth-order valence-corrected chi connectivity index (χ4v) is 3.20. The second kappa shape index (κ2) is 6.28. The van der Waals surface area contributed by atoms with Gasteiger partial charge in [-0.15, -0.1) is 0 Å². The first-order valence-electron chi connectivity index (χ1n) is 7.24. The predicted molar refractivity (Wildman–Crippen MR) is 74.1 cm³/mol. The molecule has 2 N–H and O–H groups in total. The molecule has 100 valence electrons. The number of rotatable bonds is 5. The third-order valence-electron chi connectivity index (χ3n) is 4.45. The molecule has 1 fully saturated rings. The van der Waals surface area contributed by atoms with E-state index >= 15 is 0 Å². The van der Waals surface area contributed by atoms with Crippen molar-refractivity contribution >= 4 is 0 Å². The molecular formula is C15H25N3. The monoisotopic (exact) mass is 247 g/mol. The van der Waals surface area contributed by atoms with E-state index in [4.69, 9.17) is 5.73 Å². The molecule has 1 heterocycles. The molecule has 2 rings (SSSR count). The molecule has 0 aliphatic heterocycles. The van der Waals surface area contributed by atoms with Crippen LogP contribution >= 0.6 is 0 Å². The van der Waals surface area contributed by atoms with Crippen LogP contribution < -0.4 is 5.73 Å². The molecule has 1 aromatic heterocycles. The topological polar surface area (TPSA) is 51.8 Å². The summed E-state index contributed by atoms with van der Waals surface area (Å²) in [5.41, 5.74) is 6.31. The van der Waals surface area contributed by atoms with Crippen LogP contribution in [0.4, 0.5) is 0 Å². The maximum Gasteiger partial charge on any atom is 0.128 e. The van der Waals surface area contributed by atoms with E-state index in [1.807, 2.05) is 18.5 Å². The minimum atomic E-state index is 0.256. The molecule has 0 unspecified atom stereocenters. The van der Waals surface area contributed by atoms with E-state index in [-0.39, 0.29) is 5.41 Å². The molecule has 0 saturated heterocycles. The average molecular weight is 247 g/mol. The third kappa shape index (κ3) is 3.29. The van der Waals surface area contributed by atoms with Crippen LogP contribution in [0.1, 0.15) is 51.3 Å². The molecule has 0 radical (unpaired) electrons. The summed E-state index contributed by atoms with van der Waals surface area (Å²) < 4.78 is 0. The summed E-state index contributed by atoms with van der Waals surface area (Å²) >= 11 is 0. The van der Waals surface area contributed by atoms with Crippen molar-refractivity contribution in [2.75, 3.05) is 6.54 Å². The molecule has 1 aliphatic carbocycles. The zero-order valence-electron chi connectivity index (χ0n) is 11.4. The Morgan fingerprint density at radius 3 is 2.50 bits per heavy atom. The van der Waals surface area contributed by atoms with Gasteiger partial charge < -0.3 is 5.73 Å². The molecule has 0 bridgehead atoms. The van der Waals surface area contributed by atoms with Crippen molar-refractivity contribution < 1.29 is 0 Å². The van der Waals surface area contributed by atoms with Crippen LogP contribution in [-0.2, 0) is 6.42 Å². The van der Waals surface area contributed by atoms with E-state index in [0.717, 1.165) is 24.7 Å². The summed E-state index contributed by atoms with van der Waals surface area (Å²) in [6, 6.07) is 1.87. The molecule has 18 heavy (non-hydrogen) atoms. The van der Waals surface area contributed by atoms with Crippen molar-refractivity contribution in [3.05, 3.63) is 24.3 Å². The Morgan fingerprint density at radius 1 is 1.28 bits per heavy atom. The van der Waals surface area contributed by atoms with Gasteiger partial charge in [0.1, 0.15) is 5.82 Å². The standard InChI is InChI=1S/C15H25N3/c1-2-4-13-5-7-15(12-16,8-6-13)11-14-17-9-3-10-18-14/h3,9-10,13H,2,4-8,11-12,16H2,1H3. The Labute approximate surface area is 110 Å². The fraction of sp³-hybridized carbons (Fsp3) is 0.733. The first-order valence-corrected chi connectivity index (χ1v) is 7.24. The highest BCUT2D eigenvalue weighted by Gasteiger charge is 2.34. The Morgan fingerprint density at radius 2 is 1.94 bits per heavy atom.